The number of benzene rings is 1. The summed E-state index contributed by atoms with van der Waals surface area (Å²) in [6.45, 7) is 6.15. The lowest BCUT2D eigenvalue weighted by Crippen LogP contribution is -2.62. The van der Waals surface area contributed by atoms with Gasteiger partial charge in [0, 0.05) is 24.6 Å². The van der Waals surface area contributed by atoms with Gasteiger partial charge in [-0.15, -0.1) is 0 Å². The predicted molar refractivity (Wildman–Crippen MR) is 102 cm³/mol. The van der Waals surface area contributed by atoms with Crippen molar-refractivity contribution >= 4 is 21.7 Å². The van der Waals surface area contributed by atoms with E-state index >= 15 is 0 Å². The Hall–Kier alpha value is -2.09. The molecule has 0 saturated carbocycles. The molecule has 2 saturated heterocycles. The summed E-state index contributed by atoms with van der Waals surface area (Å²) in [5, 5.41) is 0. The number of carbonyl (C=O) groups is 2. The Morgan fingerprint density at radius 2 is 1.70 bits per heavy atom. The van der Waals surface area contributed by atoms with Gasteiger partial charge in [-0.25, -0.2) is 8.42 Å². The fraction of sp³-hybridized carbons (Fsp3) is 0.579. The van der Waals surface area contributed by atoms with Crippen LogP contribution in [0.15, 0.2) is 18.2 Å². The highest BCUT2D eigenvalue weighted by molar-refractivity contribution is 7.91. The maximum absolute atomic E-state index is 13.1. The van der Waals surface area contributed by atoms with Crippen molar-refractivity contribution in [3.63, 3.8) is 0 Å². The van der Waals surface area contributed by atoms with Crippen molar-refractivity contribution in [1.29, 1.82) is 0 Å². The Bertz CT molecular complexity index is 865. The zero-order chi connectivity index (χ0) is 19.9. The van der Waals surface area contributed by atoms with Crippen LogP contribution in [0, 0.1) is 12.8 Å². The molecule has 0 bridgehead atoms. The van der Waals surface area contributed by atoms with Crippen LogP contribution in [0.2, 0.25) is 0 Å². The normalized spacial score (nSPS) is 24.0. The van der Waals surface area contributed by atoms with Crippen molar-refractivity contribution in [1.82, 2.24) is 9.80 Å². The van der Waals surface area contributed by atoms with E-state index in [0.717, 1.165) is 5.56 Å². The first kappa shape index (κ1) is 19.7. The van der Waals surface area contributed by atoms with Gasteiger partial charge in [-0.2, -0.15) is 0 Å². The molecule has 2 heterocycles. The van der Waals surface area contributed by atoms with Crippen molar-refractivity contribution in [2.45, 2.75) is 32.9 Å². The first-order chi connectivity index (χ1) is 12.6. The van der Waals surface area contributed by atoms with E-state index in [1.807, 2.05) is 6.92 Å². The van der Waals surface area contributed by atoms with Gasteiger partial charge in [0.05, 0.1) is 30.7 Å². The number of sulfone groups is 1. The highest BCUT2D eigenvalue weighted by atomic mass is 32.2. The lowest BCUT2D eigenvalue weighted by molar-refractivity contribution is -0.139. The number of aryl methyl sites for hydroxylation is 1. The molecule has 2 amide bonds. The Kier molecular flexibility index (Phi) is 5.20. The number of carbonyl (C=O) groups excluding carboxylic acids is 2. The van der Waals surface area contributed by atoms with Gasteiger partial charge in [-0.3, -0.25) is 9.59 Å². The van der Waals surface area contributed by atoms with Gasteiger partial charge in [-0.1, -0.05) is 13.8 Å². The van der Waals surface area contributed by atoms with Crippen LogP contribution in [0.3, 0.4) is 0 Å². The third kappa shape index (κ3) is 3.67. The standard InChI is InChI=1S/C19H26N2O5S/c1-12(2)18(22)20-7-8-21(16-11-27(24,25)10-15(16)20)19(23)14-5-6-17(26-4)13(3)9-14/h5-6,9,12,15-16H,7-8,10-11H2,1-4H3/t15-,16+/m1/s1. The highest BCUT2D eigenvalue weighted by Crippen LogP contribution is 2.30. The van der Waals surface area contributed by atoms with Crippen LogP contribution in [0.5, 0.6) is 5.75 Å². The lowest BCUT2D eigenvalue weighted by atomic mass is 10.0. The Labute approximate surface area is 160 Å². The average molecular weight is 394 g/mol. The van der Waals surface area contributed by atoms with E-state index in [0.29, 0.717) is 24.4 Å². The second kappa shape index (κ2) is 7.14. The number of ether oxygens (including phenoxy) is 1. The summed E-state index contributed by atoms with van der Waals surface area (Å²) < 4.78 is 29.8. The smallest absolute Gasteiger partial charge is 0.254 e. The van der Waals surface area contributed by atoms with E-state index in [1.54, 1.807) is 49.0 Å². The van der Waals surface area contributed by atoms with Crippen molar-refractivity contribution in [3.05, 3.63) is 29.3 Å². The van der Waals surface area contributed by atoms with Crippen molar-refractivity contribution in [2.75, 3.05) is 31.7 Å². The van der Waals surface area contributed by atoms with Crippen LogP contribution >= 0.6 is 0 Å². The minimum Gasteiger partial charge on any atom is -0.496 e. The molecular weight excluding hydrogens is 368 g/mol. The molecule has 0 spiro atoms. The second-order valence-corrected chi connectivity index (χ2v) is 9.73. The zero-order valence-corrected chi connectivity index (χ0v) is 17.0. The summed E-state index contributed by atoms with van der Waals surface area (Å²) in [5.41, 5.74) is 1.34. The van der Waals surface area contributed by atoms with Crippen LogP contribution in [-0.2, 0) is 14.6 Å². The van der Waals surface area contributed by atoms with Gasteiger partial charge in [0.15, 0.2) is 9.84 Å². The fourth-order valence-electron chi connectivity index (χ4n) is 3.99. The molecule has 2 fully saturated rings. The third-order valence-electron chi connectivity index (χ3n) is 5.36. The number of piperazine rings is 1. The third-order valence-corrected chi connectivity index (χ3v) is 7.05. The molecule has 0 unspecified atom stereocenters. The van der Waals surface area contributed by atoms with Gasteiger partial charge in [0.2, 0.25) is 5.91 Å². The molecule has 148 valence electrons. The van der Waals surface area contributed by atoms with Crippen LogP contribution in [0.1, 0.15) is 29.8 Å². The van der Waals surface area contributed by atoms with Crippen LogP contribution in [0.25, 0.3) is 0 Å². The van der Waals surface area contributed by atoms with Gasteiger partial charge >= 0.3 is 0 Å². The monoisotopic (exact) mass is 394 g/mol. The summed E-state index contributed by atoms with van der Waals surface area (Å²) in [7, 11) is -1.72. The molecule has 0 aromatic heterocycles. The van der Waals surface area contributed by atoms with Crippen molar-refractivity contribution in [2.24, 2.45) is 5.92 Å². The van der Waals surface area contributed by atoms with Gasteiger partial charge < -0.3 is 14.5 Å². The number of rotatable bonds is 3. The number of fused-ring (bicyclic) bond motifs is 1. The number of methoxy groups -OCH3 is 1. The Balaban J connectivity index is 1.90. The topological polar surface area (TPSA) is 84.0 Å². The van der Waals surface area contributed by atoms with E-state index in [1.165, 1.54) is 0 Å². The highest BCUT2D eigenvalue weighted by Gasteiger charge is 2.49. The predicted octanol–water partition coefficient (Wildman–Crippen LogP) is 1.11. The summed E-state index contributed by atoms with van der Waals surface area (Å²) in [6, 6.07) is 4.22. The Morgan fingerprint density at radius 3 is 2.26 bits per heavy atom. The lowest BCUT2D eigenvalue weighted by Gasteiger charge is -2.44. The minimum atomic E-state index is -3.30. The first-order valence-corrected chi connectivity index (χ1v) is 10.9. The molecule has 7 nitrogen and oxygen atoms in total. The van der Waals surface area contributed by atoms with Crippen LogP contribution < -0.4 is 4.74 Å². The van der Waals surface area contributed by atoms with E-state index in [2.05, 4.69) is 0 Å². The largest absolute Gasteiger partial charge is 0.496 e. The second-order valence-electron chi connectivity index (χ2n) is 7.58. The first-order valence-electron chi connectivity index (χ1n) is 9.11. The van der Waals surface area contributed by atoms with Crippen LogP contribution in [0.4, 0.5) is 0 Å². The summed E-state index contributed by atoms with van der Waals surface area (Å²) in [4.78, 5) is 28.9. The molecular formula is C19H26N2O5S. The van der Waals surface area contributed by atoms with Gasteiger partial charge in [-0.05, 0) is 30.7 Å². The maximum atomic E-state index is 13.1. The molecule has 1 aromatic carbocycles. The maximum Gasteiger partial charge on any atom is 0.254 e. The molecule has 0 radical (unpaired) electrons. The number of amides is 2. The minimum absolute atomic E-state index is 0.0607. The molecule has 1 aromatic rings. The molecule has 3 rings (SSSR count). The van der Waals surface area contributed by atoms with E-state index < -0.39 is 21.9 Å². The van der Waals surface area contributed by atoms with Gasteiger partial charge in [0.1, 0.15) is 5.75 Å². The molecule has 8 heteroatoms. The van der Waals surface area contributed by atoms with Crippen molar-refractivity contribution in [3.8, 4) is 5.75 Å². The summed E-state index contributed by atoms with van der Waals surface area (Å²) in [5.74, 6) is 0.0433. The van der Waals surface area contributed by atoms with E-state index in [-0.39, 0.29) is 29.2 Å². The molecule has 2 aliphatic heterocycles. The quantitative estimate of drug-likeness (QED) is 0.767. The van der Waals surface area contributed by atoms with Crippen LogP contribution in [-0.4, -0.2) is 73.8 Å². The molecule has 0 aliphatic carbocycles. The van der Waals surface area contributed by atoms with E-state index in [4.69, 9.17) is 4.74 Å². The molecule has 0 N–H and O–H groups in total. The SMILES string of the molecule is COc1ccc(C(=O)N2CCN(C(=O)C(C)C)[C@@H]3CS(=O)(=O)C[C@@H]32)cc1C. The molecule has 2 aliphatic rings. The number of nitrogens with zero attached hydrogens (tertiary/aromatic N) is 2. The average Bonchev–Trinajstić information content (AvgIpc) is 2.94. The summed E-state index contributed by atoms with van der Waals surface area (Å²) in [6.07, 6.45) is 0. The van der Waals surface area contributed by atoms with E-state index in [9.17, 15) is 18.0 Å². The summed E-state index contributed by atoms with van der Waals surface area (Å²) >= 11 is 0. The zero-order valence-electron chi connectivity index (χ0n) is 16.1. The molecule has 27 heavy (non-hydrogen) atoms. The van der Waals surface area contributed by atoms with Crippen molar-refractivity contribution < 1.29 is 22.7 Å². The Morgan fingerprint density at radius 1 is 1.11 bits per heavy atom. The number of hydrogen-bond acceptors (Lipinski definition) is 5. The molecule has 2 atom stereocenters. The number of hydrogen-bond donors (Lipinski definition) is 0. The fourth-order valence-corrected chi connectivity index (χ4v) is 5.97. The van der Waals surface area contributed by atoms with Gasteiger partial charge in [0.25, 0.3) is 5.91 Å².